The zero-order valence-corrected chi connectivity index (χ0v) is 22.7. The molecule has 1 aromatic rings. The molecule has 0 spiro atoms. The van der Waals surface area contributed by atoms with Gasteiger partial charge in [-0.2, -0.15) is 8.42 Å². The zero-order chi connectivity index (χ0) is 30.0. The second-order valence-electron chi connectivity index (χ2n) is 9.01. The van der Waals surface area contributed by atoms with Crippen LogP contribution in [0.4, 0.5) is 0 Å². The van der Waals surface area contributed by atoms with Crippen molar-refractivity contribution in [3.8, 4) is 0 Å². The van der Waals surface area contributed by atoms with Gasteiger partial charge in [-0.1, -0.05) is 44.7 Å². The van der Waals surface area contributed by atoms with Gasteiger partial charge in [0.15, 0.2) is 12.6 Å². The first-order valence-corrected chi connectivity index (χ1v) is 13.7. The van der Waals surface area contributed by atoms with E-state index < -0.39 is 84.7 Å². The van der Waals surface area contributed by atoms with Crippen LogP contribution < -0.4 is 0 Å². The summed E-state index contributed by atoms with van der Waals surface area (Å²) in [5, 5.41) is 66.8. The van der Waals surface area contributed by atoms with Crippen LogP contribution in [-0.4, -0.2) is 132 Å². The molecule has 2 aliphatic rings. The Kier molecular flexibility index (Phi) is 17.9. The normalized spacial score (nSPS) is 32.8. The third-order valence-electron chi connectivity index (χ3n) is 5.97. The third-order valence-corrected chi connectivity index (χ3v) is 7.27. The van der Waals surface area contributed by atoms with E-state index in [2.05, 4.69) is 13.2 Å². The van der Waals surface area contributed by atoms with Crippen molar-refractivity contribution in [2.45, 2.75) is 88.1 Å². The van der Waals surface area contributed by atoms with Gasteiger partial charge in [-0.3, -0.25) is 4.18 Å². The minimum Gasteiger partial charge on any atom is -0.394 e. The van der Waals surface area contributed by atoms with E-state index in [1.807, 2.05) is 6.92 Å². The summed E-state index contributed by atoms with van der Waals surface area (Å²) in [6.07, 6.45) is -10.3. The fourth-order valence-corrected chi connectivity index (χ4v) is 4.57. The molecule has 0 aromatic heterocycles. The van der Waals surface area contributed by atoms with E-state index in [0.717, 1.165) is 5.56 Å². The number of ether oxygens (including phenoxy) is 4. The predicted octanol–water partition coefficient (Wildman–Crippen LogP) is -1.03. The van der Waals surface area contributed by atoms with Gasteiger partial charge >= 0.3 is 0 Å². The first-order chi connectivity index (χ1) is 18.9. The van der Waals surface area contributed by atoms with Crippen LogP contribution in [0, 0.1) is 6.92 Å². The van der Waals surface area contributed by atoms with E-state index in [9.17, 15) is 39.1 Å². The monoisotopic (exact) mass is 626 g/mol. The summed E-state index contributed by atoms with van der Waals surface area (Å²) >= 11 is 0. The molecule has 2 heterocycles. The number of hydrogen-bond acceptors (Lipinski definition) is 14. The van der Waals surface area contributed by atoms with Crippen LogP contribution in [0.2, 0.25) is 0 Å². The maximum Gasteiger partial charge on any atom is 0.297 e. The summed E-state index contributed by atoms with van der Waals surface area (Å²) in [4.78, 5) is -0.0385. The Bertz CT molecular complexity index is 1020. The standard InChI is InChI=1S/C16H22O8S.C9H16O6.2CH4/c1-3-8-22-16-15(19)14(18)13(17)12(24-16)9-23-25(20,21)11-6-4-10(2)5-7-11;1-2-3-14-9-8(13)7(12)6(11)5(4-10)15-9;;/h3-7,12-19H,1,8-9H2,2H3;2,5-13H,1,3-4H2;2*1H4. The summed E-state index contributed by atoms with van der Waals surface area (Å²) in [6, 6.07) is 6.05. The van der Waals surface area contributed by atoms with Crippen molar-refractivity contribution in [1.82, 2.24) is 0 Å². The maximum absolute atomic E-state index is 12.2. The van der Waals surface area contributed by atoms with Gasteiger partial charge in [0.05, 0.1) is 31.3 Å². The second-order valence-corrected chi connectivity index (χ2v) is 10.6. The van der Waals surface area contributed by atoms with Crippen molar-refractivity contribution in [3.63, 3.8) is 0 Å². The van der Waals surface area contributed by atoms with Crippen molar-refractivity contribution >= 4 is 10.1 Å². The summed E-state index contributed by atoms with van der Waals surface area (Å²) in [5.41, 5.74) is 0.893. The largest absolute Gasteiger partial charge is 0.394 e. The lowest BCUT2D eigenvalue weighted by Gasteiger charge is -2.39. The minimum absolute atomic E-state index is 0. The molecule has 0 aliphatic carbocycles. The Morgan fingerprint density at radius 1 is 0.762 bits per heavy atom. The molecule has 15 heteroatoms. The number of aryl methyl sites for hydroxylation is 1. The van der Waals surface area contributed by atoms with E-state index in [1.165, 1.54) is 24.3 Å². The quantitative estimate of drug-likeness (QED) is 0.115. The topological polar surface area (TPSA) is 222 Å². The van der Waals surface area contributed by atoms with Gasteiger partial charge < -0.3 is 54.7 Å². The molecule has 2 fully saturated rings. The average molecular weight is 627 g/mol. The Labute approximate surface area is 247 Å². The summed E-state index contributed by atoms with van der Waals surface area (Å²) < 4.78 is 49.8. The number of benzene rings is 1. The SMILES string of the molecule is C.C.C=CCOC1OC(CO)C(O)C(O)C1O.C=CCOC1OC(COS(=O)(=O)c2ccc(C)cc2)C(O)C(O)C1O. The zero-order valence-electron chi connectivity index (χ0n) is 21.9. The van der Waals surface area contributed by atoms with Crippen molar-refractivity contribution in [2.24, 2.45) is 0 Å². The Hall–Kier alpha value is -1.83. The van der Waals surface area contributed by atoms with Gasteiger partial charge in [-0.05, 0) is 19.1 Å². The number of rotatable bonds is 11. The van der Waals surface area contributed by atoms with Crippen LogP contribution in [0.15, 0.2) is 54.5 Å². The molecular formula is C27H46O14S. The smallest absolute Gasteiger partial charge is 0.297 e. The molecule has 0 bridgehead atoms. The van der Waals surface area contributed by atoms with Gasteiger partial charge in [0, 0.05) is 0 Å². The van der Waals surface area contributed by atoms with Gasteiger partial charge in [0.2, 0.25) is 0 Å². The first kappa shape index (κ1) is 40.2. The molecule has 2 aliphatic heterocycles. The number of aliphatic hydroxyl groups excluding tert-OH is 7. The van der Waals surface area contributed by atoms with E-state index in [0.29, 0.717) is 0 Å². The molecule has 10 unspecified atom stereocenters. The Morgan fingerprint density at radius 2 is 1.19 bits per heavy atom. The van der Waals surface area contributed by atoms with Crippen LogP contribution in [-0.2, 0) is 33.2 Å². The second kappa shape index (κ2) is 18.7. The van der Waals surface area contributed by atoms with Crippen molar-refractivity contribution < 1.29 is 67.3 Å². The molecule has 244 valence electrons. The van der Waals surface area contributed by atoms with Crippen LogP contribution in [0.5, 0.6) is 0 Å². The van der Waals surface area contributed by atoms with Crippen molar-refractivity contribution in [2.75, 3.05) is 26.4 Å². The van der Waals surface area contributed by atoms with E-state index in [1.54, 1.807) is 12.1 Å². The lowest BCUT2D eigenvalue weighted by atomic mass is 9.99. The fraction of sp³-hybridized carbons (Fsp3) is 0.630. The summed E-state index contributed by atoms with van der Waals surface area (Å²) in [7, 11) is -4.06. The molecule has 10 atom stereocenters. The number of aliphatic hydroxyl groups is 7. The third kappa shape index (κ3) is 10.7. The molecule has 0 saturated carbocycles. The van der Waals surface area contributed by atoms with E-state index in [4.69, 9.17) is 28.2 Å². The lowest BCUT2D eigenvalue weighted by Crippen LogP contribution is -2.59. The molecule has 0 amide bonds. The first-order valence-electron chi connectivity index (χ1n) is 12.3. The summed E-state index contributed by atoms with van der Waals surface area (Å²) in [6.45, 7) is 7.87. The van der Waals surface area contributed by atoms with Gasteiger partial charge in [-0.25, -0.2) is 0 Å². The highest BCUT2D eigenvalue weighted by atomic mass is 32.2. The molecule has 3 rings (SSSR count). The minimum atomic E-state index is -4.06. The Balaban J connectivity index is 0.000000855. The van der Waals surface area contributed by atoms with Crippen molar-refractivity contribution in [3.05, 3.63) is 55.1 Å². The van der Waals surface area contributed by atoms with Crippen LogP contribution in [0.3, 0.4) is 0 Å². The van der Waals surface area contributed by atoms with E-state index >= 15 is 0 Å². The molecule has 2 saturated heterocycles. The molecular weight excluding hydrogens is 580 g/mol. The molecule has 7 N–H and O–H groups in total. The fourth-order valence-electron chi connectivity index (χ4n) is 3.65. The van der Waals surface area contributed by atoms with Crippen molar-refractivity contribution in [1.29, 1.82) is 0 Å². The van der Waals surface area contributed by atoms with E-state index in [-0.39, 0.29) is 33.0 Å². The number of hydrogen-bond donors (Lipinski definition) is 7. The highest BCUT2D eigenvalue weighted by Gasteiger charge is 2.45. The summed E-state index contributed by atoms with van der Waals surface area (Å²) in [5.74, 6) is 0. The predicted molar refractivity (Wildman–Crippen MR) is 151 cm³/mol. The molecule has 1 aromatic carbocycles. The maximum atomic E-state index is 12.2. The molecule has 14 nitrogen and oxygen atoms in total. The van der Waals surface area contributed by atoms with Gasteiger partial charge in [0.1, 0.15) is 48.8 Å². The average Bonchev–Trinajstić information content (AvgIpc) is 2.94. The Morgan fingerprint density at radius 3 is 1.62 bits per heavy atom. The molecule has 0 radical (unpaired) electrons. The molecule has 42 heavy (non-hydrogen) atoms. The van der Waals surface area contributed by atoms with Gasteiger partial charge in [-0.15, -0.1) is 13.2 Å². The van der Waals surface area contributed by atoms with Crippen LogP contribution in [0.25, 0.3) is 0 Å². The van der Waals surface area contributed by atoms with Crippen LogP contribution in [0.1, 0.15) is 20.4 Å². The highest BCUT2D eigenvalue weighted by molar-refractivity contribution is 7.86. The lowest BCUT2D eigenvalue weighted by molar-refractivity contribution is -0.298. The van der Waals surface area contributed by atoms with Crippen LogP contribution >= 0.6 is 0 Å². The highest BCUT2D eigenvalue weighted by Crippen LogP contribution is 2.24. The van der Waals surface area contributed by atoms with Gasteiger partial charge in [0.25, 0.3) is 10.1 Å².